The first-order chi connectivity index (χ1) is 11.2. The molecule has 2 aromatic rings. The van der Waals surface area contributed by atoms with Crippen molar-refractivity contribution in [3.63, 3.8) is 0 Å². The average molecular weight is 308 g/mol. The lowest BCUT2D eigenvalue weighted by Gasteiger charge is -2.22. The highest BCUT2D eigenvalue weighted by atomic mass is 16.1. The van der Waals surface area contributed by atoms with Gasteiger partial charge in [-0.05, 0) is 49.2 Å². The third-order valence-electron chi connectivity index (χ3n) is 4.64. The number of benzene rings is 2. The number of anilines is 3. The summed E-state index contributed by atoms with van der Waals surface area (Å²) in [5, 5.41) is 3.06. The number of rotatable bonds is 4. The quantitative estimate of drug-likeness (QED) is 0.864. The zero-order chi connectivity index (χ0) is 16.1. The Morgan fingerprint density at radius 3 is 2.17 bits per heavy atom. The highest BCUT2D eigenvalue weighted by molar-refractivity contribution is 5.92. The maximum Gasteiger partial charge on any atom is 0.227 e. The predicted octanol–water partition coefficient (Wildman–Crippen LogP) is 4.97. The van der Waals surface area contributed by atoms with E-state index < -0.39 is 0 Å². The van der Waals surface area contributed by atoms with E-state index in [9.17, 15) is 4.79 Å². The van der Waals surface area contributed by atoms with Gasteiger partial charge < -0.3 is 10.2 Å². The molecular formula is C20H24N2O. The molecule has 1 fully saturated rings. The number of nitrogens with one attached hydrogen (secondary N) is 1. The van der Waals surface area contributed by atoms with E-state index >= 15 is 0 Å². The molecule has 3 nitrogen and oxygen atoms in total. The molecule has 1 saturated carbocycles. The van der Waals surface area contributed by atoms with Crippen molar-refractivity contribution < 1.29 is 4.79 Å². The summed E-state index contributed by atoms with van der Waals surface area (Å²) in [7, 11) is 2.05. The van der Waals surface area contributed by atoms with Gasteiger partial charge in [0.2, 0.25) is 5.91 Å². The first kappa shape index (κ1) is 15.6. The van der Waals surface area contributed by atoms with E-state index in [2.05, 4.69) is 22.3 Å². The molecule has 0 heterocycles. The summed E-state index contributed by atoms with van der Waals surface area (Å²) in [4.78, 5) is 14.4. The molecule has 23 heavy (non-hydrogen) atoms. The van der Waals surface area contributed by atoms with Crippen LogP contribution in [0.3, 0.4) is 0 Å². The normalized spacial score (nSPS) is 15.2. The Hall–Kier alpha value is -2.29. The molecule has 1 N–H and O–H groups in total. The molecule has 0 radical (unpaired) electrons. The topological polar surface area (TPSA) is 32.3 Å². The number of carbonyl (C=O) groups excluding carboxylic acids is 1. The van der Waals surface area contributed by atoms with Gasteiger partial charge >= 0.3 is 0 Å². The molecule has 3 heteroatoms. The summed E-state index contributed by atoms with van der Waals surface area (Å²) in [6, 6.07) is 18.3. The zero-order valence-electron chi connectivity index (χ0n) is 13.7. The maximum atomic E-state index is 12.3. The second-order valence-corrected chi connectivity index (χ2v) is 6.27. The fraction of sp³-hybridized carbons (Fsp3) is 0.350. The molecule has 0 aliphatic heterocycles. The van der Waals surface area contributed by atoms with E-state index in [-0.39, 0.29) is 11.8 Å². The van der Waals surface area contributed by atoms with Crippen molar-refractivity contribution in [2.45, 2.75) is 32.1 Å². The molecule has 0 aromatic heterocycles. The van der Waals surface area contributed by atoms with Crippen molar-refractivity contribution in [2.24, 2.45) is 5.92 Å². The summed E-state index contributed by atoms with van der Waals surface area (Å²) in [6.07, 6.45) is 5.68. The van der Waals surface area contributed by atoms with Crippen LogP contribution < -0.4 is 10.2 Å². The number of hydrogen-bond acceptors (Lipinski definition) is 2. The van der Waals surface area contributed by atoms with Gasteiger partial charge in [0.25, 0.3) is 0 Å². The zero-order valence-corrected chi connectivity index (χ0v) is 13.7. The largest absolute Gasteiger partial charge is 0.345 e. The maximum absolute atomic E-state index is 12.3. The lowest BCUT2D eigenvalue weighted by atomic mass is 9.88. The van der Waals surface area contributed by atoms with Gasteiger partial charge in [-0.3, -0.25) is 4.79 Å². The lowest BCUT2D eigenvalue weighted by molar-refractivity contribution is -0.120. The molecule has 0 saturated heterocycles. The second-order valence-electron chi connectivity index (χ2n) is 6.27. The van der Waals surface area contributed by atoms with E-state index in [1.54, 1.807) is 0 Å². The van der Waals surface area contributed by atoms with Gasteiger partial charge in [0.1, 0.15) is 0 Å². The van der Waals surface area contributed by atoms with Crippen molar-refractivity contribution in [2.75, 3.05) is 17.3 Å². The van der Waals surface area contributed by atoms with Crippen molar-refractivity contribution in [1.82, 2.24) is 0 Å². The molecule has 0 spiro atoms. The molecule has 0 atom stereocenters. The van der Waals surface area contributed by atoms with Crippen molar-refractivity contribution >= 4 is 23.0 Å². The van der Waals surface area contributed by atoms with Crippen LogP contribution in [0.1, 0.15) is 32.1 Å². The van der Waals surface area contributed by atoms with Crippen LogP contribution in [0, 0.1) is 5.92 Å². The van der Waals surface area contributed by atoms with Gasteiger partial charge in [0, 0.05) is 30.0 Å². The van der Waals surface area contributed by atoms with Crippen LogP contribution in [0.2, 0.25) is 0 Å². The fourth-order valence-electron chi connectivity index (χ4n) is 3.18. The Morgan fingerprint density at radius 2 is 1.52 bits per heavy atom. The molecule has 1 amide bonds. The Morgan fingerprint density at radius 1 is 0.913 bits per heavy atom. The lowest BCUT2D eigenvalue weighted by Crippen LogP contribution is -2.24. The summed E-state index contributed by atoms with van der Waals surface area (Å²) >= 11 is 0. The number of hydrogen-bond donors (Lipinski definition) is 1. The van der Waals surface area contributed by atoms with Crippen LogP contribution in [0.4, 0.5) is 17.1 Å². The van der Waals surface area contributed by atoms with E-state index in [0.717, 1.165) is 29.9 Å². The number of nitrogens with zero attached hydrogens (tertiary/aromatic N) is 1. The smallest absolute Gasteiger partial charge is 0.227 e. The van der Waals surface area contributed by atoms with Crippen molar-refractivity contribution in [3.8, 4) is 0 Å². The fourth-order valence-corrected chi connectivity index (χ4v) is 3.18. The third-order valence-corrected chi connectivity index (χ3v) is 4.64. The monoisotopic (exact) mass is 308 g/mol. The Labute approximate surface area is 138 Å². The minimum absolute atomic E-state index is 0.175. The number of carbonyl (C=O) groups is 1. The van der Waals surface area contributed by atoms with E-state index in [1.807, 2.05) is 49.5 Å². The molecule has 3 rings (SSSR count). The Balaban J connectivity index is 1.64. The van der Waals surface area contributed by atoms with Crippen LogP contribution in [-0.4, -0.2) is 13.0 Å². The summed E-state index contributed by atoms with van der Waals surface area (Å²) in [5.41, 5.74) is 3.13. The van der Waals surface area contributed by atoms with Crippen LogP contribution in [-0.2, 0) is 4.79 Å². The van der Waals surface area contributed by atoms with Crippen LogP contribution in [0.15, 0.2) is 54.6 Å². The molecule has 1 aliphatic carbocycles. The number of amides is 1. The Bertz CT molecular complexity index is 630. The minimum Gasteiger partial charge on any atom is -0.345 e. The first-order valence-corrected chi connectivity index (χ1v) is 8.44. The molecule has 1 aliphatic rings. The Kier molecular flexibility index (Phi) is 4.96. The van der Waals surface area contributed by atoms with Gasteiger partial charge in [-0.2, -0.15) is 0 Å². The van der Waals surface area contributed by atoms with Gasteiger partial charge in [-0.15, -0.1) is 0 Å². The van der Waals surface area contributed by atoms with E-state index in [4.69, 9.17) is 0 Å². The minimum atomic E-state index is 0.175. The van der Waals surface area contributed by atoms with Gasteiger partial charge in [0.05, 0.1) is 0 Å². The van der Waals surface area contributed by atoms with E-state index in [1.165, 1.54) is 19.3 Å². The average Bonchev–Trinajstić information content (AvgIpc) is 2.63. The van der Waals surface area contributed by atoms with Gasteiger partial charge in [-0.25, -0.2) is 0 Å². The van der Waals surface area contributed by atoms with Crippen molar-refractivity contribution in [3.05, 3.63) is 54.6 Å². The second kappa shape index (κ2) is 7.32. The molecule has 0 unspecified atom stereocenters. The summed E-state index contributed by atoms with van der Waals surface area (Å²) in [6.45, 7) is 0. The highest BCUT2D eigenvalue weighted by Gasteiger charge is 2.20. The van der Waals surface area contributed by atoms with Crippen LogP contribution in [0.25, 0.3) is 0 Å². The molecular weight excluding hydrogens is 284 g/mol. The van der Waals surface area contributed by atoms with Crippen molar-refractivity contribution in [1.29, 1.82) is 0 Å². The standard InChI is InChI=1S/C20H24N2O/c1-22(18-10-6-3-7-11-18)19-14-12-17(13-15-19)21-20(23)16-8-4-2-5-9-16/h3,6-7,10-16H,2,4-5,8-9H2,1H3,(H,21,23). The van der Waals surface area contributed by atoms with Gasteiger partial charge in [0.15, 0.2) is 0 Å². The van der Waals surface area contributed by atoms with Crippen LogP contribution >= 0.6 is 0 Å². The van der Waals surface area contributed by atoms with Gasteiger partial charge in [-0.1, -0.05) is 37.5 Å². The summed E-state index contributed by atoms with van der Waals surface area (Å²) in [5.74, 6) is 0.365. The SMILES string of the molecule is CN(c1ccccc1)c1ccc(NC(=O)C2CCCCC2)cc1. The molecule has 2 aromatic carbocycles. The molecule has 120 valence electrons. The summed E-state index contributed by atoms with van der Waals surface area (Å²) < 4.78 is 0. The highest BCUT2D eigenvalue weighted by Crippen LogP contribution is 2.27. The predicted molar refractivity (Wildman–Crippen MR) is 96.2 cm³/mol. The van der Waals surface area contributed by atoms with E-state index in [0.29, 0.717) is 0 Å². The van der Waals surface area contributed by atoms with Crippen LogP contribution in [0.5, 0.6) is 0 Å². The third kappa shape index (κ3) is 3.92. The molecule has 0 bridgehead atoms. The number of para-hydroxylation sites is 1. The first-order valence-electron chi connectivity index (χ1n) is 8.44.